The monoisotopic (exact) mass is 445 g/mol. The molecule has 7 heteroatoms. The molecule has 3 aromatic carbocycles. The first kappa shape index (κ1) is 21.5. The number of aromatic nitrogens is 2. The van der Waals surface area contributed by atoms with E-state index in [-0.39, 0.29) is 16.8 Å². The van der Waals surface area contributed by atoms with Crippen molar-refractivity contribution in [3.63, 3.8) is 0 Å². The fourth-order valence-corrected chi connectivity index (χ4v) is 4.05. The lowest BCUT2D eigenvalue weighted by Crippen LogP contribution is -2.26. The highest BCUT2D eigenvalue weighted by atomic mass is 32.2. The zero-order chi connectivity index (χ0) is 22.7. The smallest absolute Gasteiger partial charge is 0.255 e. The van der Waals surface area contributed by atoms with Gasteiger partial charge in [-0.1, -0.05) is 60.7 Å². The number of benzene rings is 3. The van der Waals surface area contributed by atoms with E-state index >= 15 is 0 Å². The van der Waals surface area contributed by atoms with Crippen molar-refractivity contribution in [2.24, 2.45) is 0 Å². The molecule has 1 heterocycles. The summed E-state index contributed by atoms with van der Waals surface area (Å²) in [5.74, 6) is -0.259. The van der Waals surface area contributed by atoms with E-state index in [1.165, 1.54) is 6.26 Å². The van der Waals surface area contributed by atoms with Crippen LogP contribution in [0.1, 0.15) is 28.9 Å². The van der Waals surface area contributed by atoms with Crippen LogP contribution in [0.2, 0.25) is 0 Å². The zero-order valence-electron chi connectivity index (χ0n) is 17.8. The Kier molecular flexibility index (Phi) is 5.92. The molecule has 1 aromatic heterocycles. The number of rotatable bonds is 6. The largest absolute Gasteiger partial charge is 0.345 e. The molecule has 162 valence electrons. The first-order valence-electron chi connectivity index (χ1n) is 10.1. The van der Waals surface area contributed by atoms with Gasteiger partial charge in [0.25, 0.3) is 5.91 Å². The summed E-state index contributed by atoms with van der Waals surface area (Å²) in [5, 5.41) is 7.68. The van der Waals surface area contributed by atoms with Gasteiger partial charge in [0.05, 0.1) is 22.2 Å². The molecule has 1 atom stereocenters. The van der Waals surface area contributed by atoms with Gasteiger partial charge in [0.2, 0.25) is 0 Å². The van der Waals surface area contributed by atoms with Crippen molar-refractivity contribution in [2.75, 3.05) is 6.26 Å². The highest BCUT2D eigenvalue weighted by Crippen LogP contribution is 2.25. The first-order valence-corrected chi connectivity index (χ1v) is 12.0. The maximum atomic E-state index is 13.2. The number of amides is 1. The molecule has 0 saturated carbocycles. The van der Waals surface area contributed by atoms with Crippen LogP contribution in [0.4, 0.5) is 0 Å². The molecule has 0 aliphatic rings. The van der Waals surface area contributed by atoms with Crippen molar-refractivity contribution in [2.45, 2.75) is 17.9 Å². The average Bonchev–Trinajstić information content (AvgIpc) is 3.25. The predicted octanol–water partition coefficient (Wildman–Crippen LogP) is 4.43. The summed E-state index contributed by atoms with van der Waals surface area (Å²) in [6.45, 7) is 1.86. The second-order valence-electron chi connectivity index (χ2n) is 7.57. The molecule has 4 aromatic rings. The van der Waals surface area contributed by atoms with E-state index in [0.717, 1.165) is 16.8 Å². The van der Waals surface area contributed by atoms with Gasteiger partial charge in [-0.2, -0.15) is 5.10 Å². The fraction of sp³-hybridized carbons (Fsp3) is 0.120. The van der Waals surface area contributed by atoms with E-state index in [1.54, 1.807) is 35.1 Å². The molecule has 0 fully saturated rings. The van der Waals surface area contributed by atoms with Crippen molar-refractivity contribution in [1.29, 1.82) is 0 Å². The minimum Gasteiger partial charge on any atom is -0.345 e. The fourth-order valence-electron chi connectivity index (χ4n) is 3.42. The number of carbonyl (C=O) groups is 1. The van der Waals surface area contributed by atoms with Crippen LogP contribution in [0, 0.1) is 0 Å². The molecule has 6 nitrogen and oxygen atoms in total. The van der Waals surface area contributed by atoms with Crippen LogP contribution in [0.5, 0.6) is 0 Å². The van der Waals surface area contributed by atoms with Crippen molar-refractivity contribution < 1.29 is 13.2 Å². The lowest BCUT2D eigenvalue weighted by molar-refractivity contribution is 0.0940. The van der Waals surface area contributed by atoms with E-state index in [0.29, 0.717) is 11.3 Å². The van der Waals surface area contributed by atoms with Crippen LogP contribution in [-0.2, 0) is 9.84 Å². The van der Waals surface area contributed by atoms with Crippen LogP contribution in [-0.4, -0.2) is 30.4 Å². The van der Waals surface area contributed by atoms with Crippen LogP contribution in [0.15, 0.2) is 96.0 Å². The zero-order valence-corrected chi connectivity index (χ0v) is 18.6. The SMILES string of the molecule is CC(NC(=O)c1cn(-c2ccccc2)nc1-c1ccccc1)c1ccc(S(C)(=O)=O)cc1. The van der Waals surface area contributed by atoms with E-state index in [2.05, 4.69) is 10.4 Å². The van der Waals surface area contributed by atoms with Gasteiger partial charge in [-0.05, 0) is 36.8 Å². The number of para-hydroxylation sites is 1. The Morgan fingerprint density at radius 1 is 0.906 bits per heavy atom. The van der Waals surface area contributed by atoms with Gasteiger partial charge in [0.1, 0.15) is 5.69 Å². The van der Waals surface area contributed by atoms with E-state index < -0.39 is 9.84 Å². The minimum absolute atomic E-state index is 0.246. The van der Waals surface area contributed by atoms with E-state index in [9.17, 15) is 13.2 Å². The summed E-state index contributed by atoms with van der Waals surface area (Å²) in [6, 6.07) is 25.4. The predicted molar refractivity (Wildman–Crippen MR) is 124 cm³/mol. The molecule has 1 N–H and O–H groups in total. The normalized spacial score (nSPS) is 12.3. The summed E-state index contributed by atoms with van der Waals surface area (Å²) < 4.78 is 25.1. The van der Waals surface area contributed by atoms with Gasteiger partial charge >= 0.3 is 0 Å². The summed E-state index contributed by atoms with van der Waals surface area (Å²) >= 11 is 0. The lowest BCUT2D eigenvalue weighted by atomic mass is 10.1. The number of nitrogens with zero attached hydrogens (tertiary/aromatic N) is 2. The number of sulfone groups is 1. The Hall–Kier alpha value is -3.71. The molecule has 0 aliphatic heterocycles. The molecule has 0 bridgehead atoms. The quantitative estimate of drug-likeness (QED) is 0.476. The Labute approximate surface area is 187 Å². The van der Waals surface area contributed by atoms with Crippen LogP contribution < -0.4 is 5.32 Å². The van der Waals surface area contributed by atoms with Gasteiger partial charge in [-0.15, -0.1) is 0 Å². The third-order valence-electron chi connectivity index (χ3n) is 5.18. The summed E-state index contributed by atoms with van der Waals surface area (Å²) in [5.41, 5.74) is 3.55. The third-order valence-corrected chi connectivity index (χ3v) is 6.31. The second-order valence-corrected chi connectivity index (χ2v) is 9.59. The summed E-state index contributed by atoms with van der Waals surface area (Å²) in [4.78, 5) is 13.5. The molecule has 0 aliphatic carbocycles. The molecule has 0 saturated heterocycles. The van der Waals surface area contributed by atoms with Crippen molar-refractivity contribution in [3.8, 4) is 16.9 Å². The Morgan fingerprint density at radius 3 is 2.09 bits per heavy atom. The third kappa shape index (κ3) is 4.63. The van der Waals surface area contributed by atoms with Gasteiger partial charge in [-0.3, -0.25) is 4.79 Å². The topological polar surface area (TPSA) is 81.1 Å². The molecule has 0 radical (unpaired) electrons. The van der Waals surface area contributed by atoms with Crippen molar-refractivity contribution in [1.82, 2.24) is 15.1 Å². The molecule has 1 amide bonds. The standard InChI is InChI=1S/C25H23N3O3S/c1-18(19-13-15-22(16-14-19)32(2,30)31)26-25(29)23-17-28(21-11-7-4-8-12-21)27-24(23)20-9-5-3-6-10-20/h3-18H,1-2H3,(H,26,29). The van der Waals surface area contributed by atoms with Gasteiger partial charge < -0.3 is 5.32 Å². The molecular formula is C25H23N3O3S. The van der Waals surface area contributed by atoms with Gasteiger partial charge in [0, 0.05) is 18.0 Å². The molecule has 32 heavy (non-hydrogen) atoms. The van der Waals surface area contributed by atoms with Crippen molar-refractivity contribution in [3.05, 3.63) is 102 Å². The van der Waals surface area contributed by atoms with Crippen molar-refractivity contribution >= 4 is 15.7 Å². The van der Waals surface area contributed by atoms with Gasteiger partial charge in [0.15, 0.2) is 9.84 Å². The number of hydrogen-bond acceptors (Lipinski definition) is 4. The number of nitrogens with one attached hydrogen (secondary N) is 1. The number of carbonyl (C=O) groups excluding carboxylic acids is 1. The maximum absolute atomic E-state index is 13.2. The lowest BCUT2D eigenvalue weighted by Gasteiger charge is -2.15. The summed E-state index contributed by atoms with van der Waals surface area (Å²) in [6.07, 6.45) is 2.90. The highest BCUT2D eigenvalue weighted by molar-refractivity contribution is 7.90. The second kappa shape index (κ2) is 8.80. The van der Waals surface area contributed by atoms with E-state index in [1.807, 2.05) is 67.6 Å². The highest BCUT2D eigenvalue weighted by Gasteiger charge is 2.20. The molecule has 0 spiro atoms. The van der Waals surface area contributed by atoms with Crippen LogP contribution >= 0.6 is 0 Å². The molecular weight excluding hydrogens is 422 g/mol. The Morgan fingerprint density at radius 2 is 1.50 bits per heavy atom. The molecule has 1 unspecified atom stereocenters. The minimum atomic E-state index is -3.27. The summed E-state index contributed by atoms with van der Waals surface area (Å²) in [7, 11) is -3.27. The maximum Gasteiger partial charge on any atom is 0.255 e. The Bertz CT molecular complexity index is 1330. The molecule has 4 rings (SSSR count). The van der Waals surface area contributed by atoms with Crippen LogP contribution in [0.25, 0.3) is 16.9 Å². The average molecular weight is 446 g/mol. The first-order chi connectivity index (χ1) is 15.3. The van der Waals surface area contributed by atoms with Gasteiger partial charge in [-0.25, -0.2) is 13.1 Å². The Balaban J connectivity index is 1.64. The van der Waals surface area contributed by atoms with E-state index in [4.69, 9.17) is 0 Å². The number of hydrogen-bond donors (Lipinski definition) is 1. The van der Waals surface area contributed by atoms with Crippen LogP contribution in [0.3, 0.4) is 0 Å².